The van der Waals surface area contributed by atoms with Gasteiger partial charge in [-0.3, -0.25) is 9.69 Å². The number of carbonyl (C=O) groups is 1. The largest absolute Gasteiger partial charge is 0.480 e. The molecule has 1 aliphatic rings. The zero-order chi connectivity index (χ0) is 19.7. The maximum atomic E-state index is 13.0. The summed E-state index contributed by atoms with van der Waals surface area (Å²) >= 11 is 0. The van der Waals surface area contributed by atoms with Gasteiger partial charge in [-0.1, -0.05) is 6.07 Å². The van der Waals surface area contributed by atoms with E-state index in [4.69, 9.17) is 5.11 Å². The van der Waals surface area contributed by atoms with Gasteiger partial charge in [-0.25, -0.2) is 8.42 Å². The molecule has 0 aliphatic carbocycles. The second-order valence-electron chi connectivity index (χ2n) is 6.42. The molecule has 1 saturated heterocycles. The van der Waals surface area contributed by atoms with Crippen molar-refractivity contribution in [2.24, 2.45) is 0 Å². The van der Waals surface area contributed by atoms with E-state index < -0.39 is 27.7 Å². The van der Waals surface area contributed by atoms with Crippen LogP contribution in [0.4, 0.5) is 13.2 Å². The van der Waals surface area contributed by atoms with Crippen LogP contribution in [0.25, 0.3) is 0 Å². The smallest absolute Gasteiger partial charge is 0.416 e. The van der Waals surface area contributed by atoms with E-state index in [2.05, 4.69) is 0 Å². The molecule has 1 fully saturated rings. The number of alkyl halides is 3. The van der Waals surface area contributed by atoms with Crippen LogP contribution in [-0.4, -0.2) is 61.4 Å². The fraction of sp³-hybridized carbons (Fsp3) is 0.562. The van der Waals surface area contributed by atoms with E-state index in [1.54, 1.807) is 11.9 Å². The van der Waals surface area contributed by atoms with E-state index in [1.807, 2.05) is 0 Å². The third kappa shape index (κ3) is 4.54. The highest BCUT2D eigenvalue weighted by Gasteiger charge is 2.36. The molecule has 1 aromatic rings. The monoisotopic (exact) mass is 394 g/mol. The Morgan fingerprint density at radius 1 is 1.31 bits per heavy atom. The number of hydrogen-bond acceptors (Lipinski definition) is 4. The van der Waals surface area contributed by atoms with Gasteiger partial charge in [0.1, 0.15) is 0 Å². The van der Waals surface area contributed by atoms with Crippen molar-refractivity contribution < 1.29 is 31.5 Å². The van der Waals surface area contributed by atoms with Crippen molar-refractivity contribution >= 4 is 16.0 Å². The predicted molar refractivity (Wildman–Crippen MR) is 88.2 cm³/mol. The minimum absolute atomic E-state index is 0.0366. The summed E-state index contributed by atoms with van der Waals surface area (Å²) in [6.45, 7) is 1.39. The van der Waals surface area contributed by atoms with Gasteiger partial charge in [-0.2, -0.15) is 17.5 Å². The average molecular weight is 394 g/mol. The number of nitrogens with zero attached hydrogens (tertiary/aromatic N) is 2. The van der Waals surface area contributed by atoms with Crippen LogP contribution >= 0.6 is 0 Å². The number of carboxylic acids is 1. The zero-order valence-electron chi connectivity index (χ0n) is 14.5. The lowest BCUT2D eigenvalue weighted by Gasteiger charge is -2.35. The predicted octanol–water partition coefficient (Wildman–Crippen LogP) is 2.18. The topological polar surface area (TPSA) is 77.9 Å². The van der Waals surface area contributed by atoms with Crippen LogP contribution in [0.15, 0.2) is 23.1 Å². The molecule has 0 saturated carbocycles. The number of rotatable bonds is 5. The molecular formula is C16H21F3N2O4S. The maximum absolute atomic E-state index is 13.0. The summed E-state index contributed by atoms with van der Waals surface area (Å²) in [5, 5.41) is 8.82. The number of aliphatic carboxylic acids is 1. The van der Waals surface area contributed by atoms with E-state index in [0.717, 1.165) is 10.4 Å². The van der Waals surface area contributed by atoms with Gasteiger partial charge in [0, 0.05) is 19.1 Å². The van der Waals surface area contributed by atoms with Gasteiger partial charge in [-0.05, 0) is 44.5 Å². The van der Waals surface area contributed by atoms with Crippen LogP contribution in [0.2, 0.25) is 0 Å². The fourth-order valence-corrected chi connectivity index (χ4v) is 4.58. The number of aryl methyl sites for hydroxylation is 1. The Balaban J connectivity index is 2.16. The van der Waals surface area contributed by atoms with Crippen LogP contribution in [0, 0.1) is 6.92 Å². The van der Waals surface area contributed by atoms with Gasteiger partial charge in [0.05, 0.1) is 17.0 Å². The minimum Gasteiger partial charge on any atom is -0.480 e. The second kappa shape index (κ2) is 7.53. The van der Waals surface area contributed by atoms with Gasteiger partial charge < -0.3 is 5.11 Å². The van der Waals surface area contributed by atoms with Crippen LogP contribution in [0.3, 0.4) is 0 Å². The highest BCUT2D eigenvalue weighted by atomic mass is 32.2. The summed E-state index contributed by atoms with van der Waals surface area (Å²) in [7, 11) is -2.38. The molecule has 0 spiro atoms. The SMILES string of the molecule is Cc1ccc(S(=O)(=O)N2CCC(N(C)CC(=O)O)CC2)cc1C(F)(F)F. The number of benzene rings is 1. The van der Waals surface area contributed by atoms with Crippen molar-refractivity contribution in [2.45, 2.75) is 36.9 Å². The Labute approximate surface area is 150 Å². The lowest BCUT2D eigenvalue weighted by atomic mass is 10.1. The van der Waals surface area contributed by atoms with Crippen LogP contribution in [0.5, 0.6) is 0 Å². The van der Waals surface area contributed by atoms with Crippen molar-refractivity contribution in [3.8, 4) is 0 Å². The molecule has 0 atom stereocenters. The summed E-state index contributed by atoms with van der Waals surface area (Å²) in [4.78, 5) is 12.0. The molecule has 1 aromatic carbocycles. The molecule has 0 bridgehead atoms. The summed E-state index contributed by atoms with van der Waals surface area (Å²) in [6, 6.07) is 2.93. The summed E-state index contributed by atoms with van der Waals surface area (Å²) in [5.74, 6) is -0.970. The van der Waals surface area contributed by atoms with Gasteiger partial charge in [0.15, 0.2) is 0 Å². The summed E-state index contributed by atoms with van der Waals surface area (Å²) in [6.07, 6.45) is -3.79. The average Bonchev–Trinajstić information content (AvgIpc) is 2.53. The van der Waals surface area contributed by atoms with Crippen molar-refractivity contribution in [1.82, 2.24) is 9.21 Å². The Kier molecular flexibility index (Phi) is 5.99. The molecule has 6 nitrogen and oxygen atoms in total. The Bertz CT molecular complexity index is 772. The number of carboxylic acid groups (broad SMARTS) is 1. The molecule has 0 unspecified atom stereocenters. The van der Waals surface area contributed by atoms with Crippen molar-refractivity contribution in [1.29, 1.82) is 0 Å². The third-order valence-corrected chi connectivity index (χ3v) is 6.48. The molecule has 2 rings (SSSR count). The lowest BCUT2D eigenvalue weighted by molar-refractivity contribution is -0.139. The number of sulfonamides is 1. The molecule has 0 aromatic heterocycles. The van der Waals surface area contributed by atoms with Crippen molar-refractivity contribution in [3.63, 3.8) is 0 Å². The summed E-state index contributed by atoms with van der Waals surface area (Å²) < 4.78 is 65.6. The molecular weight excluding hydrogens is 373 g/mol. The fourth-order valence-electron chi connectivity index (χ4n) is 3.08. The van der Waals surface area contributed by atoms with Gasteiger partial charge in [0.2, 0.25) is 10.0 Å². The number of halogens is 3. The highest BCUT2D eigenvalue weighted by molar-refractivity contribution is 7.89. The normalized spacial score (nSPS) is 17.6. The molecule has 10 heteroatoms. The first-order valence-corrected chi connectivity index (χ1v) is 9.47. The van der Waals surface area contributed by atoms with Crippen molar-refractivity contribution in [3.05, 3.63) is 29.3 Å². The standard InChI is InChI=1S/C16H21F3N2O4S/c1-11-3-4-13(9-14(11)16(17,18)19)26(24,25)21-7-5-12(6-8-21)20(2)10-15(22)23/h3-4,9,12H,5-8,10H2,1-2H3,(H,22,23). The first-order chi connectivity index (χ1) is 11.9. The number of piperidine rings is 1. The van der Waals surface area contributed by atoms with Gasteiger partial charge >= 0.3 is 12.1 Å². The Hall–Kier alpha value is -1.65. The van der Waals surface area contributed by atoms with Crippen LogP contribution in [-0.2, 0) is 21.0 Å². The van der Waals surface area contributed by atoms with E-state index in [9.17, 15) is 26.4 Å². The molecule has 0 amide bonds. The minimum atomic E-state index is -4.62. The van der Waals surface area contributed by atoms with Crippen LogP contribution in [0.1, 0.15) is 24.0 Å². The Morgan fingerprint density at radius 2 is 1.88 bits per heavy atom. The molecule has 26 heavy (non-hydrogen) atoms. The van der Waals surface area contributed by atoms with E-state index in [0.29, 0.717) is 18.9 Å². The number of likely N-dealkylation sites (N-methyl/N-ethyl adjacent to an activating group) is 1. The first kappa shape index (κ1) is 20.7. The van der Waals surface area contributed by atoms with Crippen molar-refractivity contribution in [2.75, 3.05) is 26.7 Å². The van der Waals surface area contributed by atoms with Gasteiger partial charge in [-0.15, -0.1) is 0 Å². The van der Waals surface area contributed by atoms with Crippen LogP contribution < -0.4 is 0 Å². The van der Waals surface area contributed by atoms with E-state index in [1.165, 1.54) is 13.0 Å². The third-order valence-electron chi connectivity index (χ3n) is 4.58. The number of hydrogen-bond donors (Lipinski definition) is 1. The molecule has 1 N–H and O–H groups in total. The molecule has 1 aliphatic heterocycles. The first-order valence-electron chi connectivity index (χ1n) is 8.03. The Morgan fingerprint density at radius 3 is 2.38 bits per heavy atom. The lowest BCUT2D eigenvalue weighted by Crippen LogP contribution is -2.46. The second-order valence-corrected chi connectivity index (χ2v) is 8.36. The maximum Gasteiger partial charge on any atom is 0.416 e. The molecule has 146 valence electrons. The van der Waals surface area contributed by atoms with E-state index >= 15 is 0 Å². The van der Waals surface area contributed by atoms with E-state index in [-0.39, 0.29) is 36.1 Å². The quantitative estimate of drug-likeness (QED) is 0.828. The summed E-state index contributed by atoms with van der Waals surface area (Å²) in [5.41, 5.74) is -1.000. The zero-order valence-corrected chi connectivity index (χ0v) is 15.3. The molecule has 0 radical (unpaired) electrons. The highest BCUT2D eigenvalue weighted by Crippen LogP contribution is 2.34. The van der Waals surface area contributed by atoms with Gasteiger partial charge in [0.25, 0.3) is 0 Å². The molecule has 1 heterocycles.